The van der Waals surface area contributed by atoms with Crippen LogP contribution in [0.15, 0.2) is 57.9 Å². The van der Waals surface area contributed by atoms with Crippen molar-refractivity contribution in [1.82, 2.24) is 10.1 Å². The minimum atomic E-state index is -3.76. The van der Waals surface area contributed by atoms with E-state index in [0.29, 0.717) is 29.2 Å². The van der Waals surface area contributed by atoms with E-state index in [0.717, 1.165) is 6.42 Å². The number of ether oxygens (including phenoxy) is 1. The maximum Gasteiger partial charge on any atom is 0.264 e. The van der Waals surface area contributed by atoms with E-state index in [1.807, 2.05) is 13.0 Å². The molecule has 0 amide bonds. The molecule has 0 unspecified atom stereocenters. The molecule has 27 heavy (non-hydrogen) atoms. The second-order valence-corrected chi connectivity index (χ2v) is 7.91. The summed E-state index contributed by atoms with van der Waals surface area (Å²) in [6, 6.07) is 13.5. The third-order valence-corrected chi connectivity index (χ3v) is 5.90. The molecule has 0 aliphatic rings. The molecule has 0 radical (unpaired) electrons. The second kappa shape index (κ2) is 7.79. The standard InChI is InChI=1S/C19H21N3O4S/c1-4-8-18-20-19(26-21-18)16-13-15(11-12-17(16)25-3)27(23,24)22(2)14-9-6-5-7-10-14/h5-7,9-13H,4,8H2,1-3H3. The fourth-order valence-electron chi connectivity index (χ4n) is 2.64. The molecule has 0 fully saturated rings. The van der Waals surface area contributed by atoms with Crippen LogP contribution in [0.1, 0.15) is 19.2 Å². The van der Waals surface area contributed by atoms with Crippen LogP contribution in [0.25, 0.3) is 11.5 Å². The van der Waals surface area contributed by atoms with E-state index in [2.05, 4.69) is 10.1 Å². The van der Waals surface area contributed by atoms with Crippen LogP contribution in [-0.4, -0.2) is 32.7 Å². The van der Waals surface area contributed by atoms with Crippen LogP contribution in [0.2, 0.25) is 0 Å². The Balaban J connectivity index is 2.04. The van der Waals surface area contributed by atoms with Crippen LogP contribution in [0, 0.1) is 0 Å². The molecule has 8 heteroatoms. The average molecular weight is 387 g/mol. The summed E-state index contributed by atoms with van der Waals surface area (Å²) in [6.07, 6.45) is 1.56. The van der Waals surface area contributed by atoms with Crippen molar-refractivity contribution in [2.75, 3.05) is 18.5 Å². The molecule has 1 aromatic heterocycles. The first-order valence-electron chi connectivity index (χ1n) is 8.52. The number of anilines is 1. The monoisotopic (exact) mass is 387 g/mol. The fourth-order valence-corrected chi connectivity index (χ4v) is 3.86. The van der Waals surface area contributed by atoms with Gasteiger partial charge in [-0.3, -0.25) is 4.31 Å². The molecule has 0 aliphatic heterocycles. The fraction of sp³-hybridized carbons (Fsp3) is 0.263. The van der Waals surface area contributed by atoms with E-state index in [1.54, 1.807) is 30.3 Å². The maximum absolute atomic E-state index is 13.0. The van der Waals surface area contributed by atoms with Crippen molar-refractivity contribution >= 4 is 15.7 Å². The van der Waals surface area contributed by atoms with Crippen LogP contribution in [-0.2, 0) is 16.4 Å². The highest BCUT2D eigenvalue weighted by atomic mass is 32.2. The molecular weight excluding hydrogens is 366 g/mol. The first-order chi connectivity index (χ1) is 13.0. The smallest absolute Gasteiger partial charge is 0.264 e. The zero-order chi connectivity index (χ0) is 19.4. The highest BCUT2D eigenvalue weighted by Crippen LogP contribution is 2.33. The zero-order valence-electron chi connectivity index (χ0n) is 15.4. The van der Waals surface area contributed by atoms with E-state index in [1.165, 1.54) is 30.6 Å². The normalized spacial score (nSPS) is 11.4. The average Bonchev–Trinajstić information content (AvgIpc) is 3.16. The number of hydrogen-bond acceptors (Lipinski definition) is 6. The molecule has 142 valence electrons. The van der Waals surface area contributed by atoms with Gasteiger partial charge in [0.15, 0.2) is 5.82 Å². The minimum absolute atomic E-state index is 0.111. The summed E-state index contributed by atoms with van der Waals surface area (Å²) in [7, 11) is -0.742. The number of rotatable bonds is 7. The first-order valence-corrected chi connectivity index (χ1v) is 9.96. The highest BCUT2D eigenvalue weighted by Gasteiger charge is 2.24. The predicted molar refractivity (Wildman–Crippen MR) is 102 cm³/mol. The lowest BCUT2D eigenvalue weighted by atomic mass is 10.2. The van der Waals surface area contributed by atoms with E-state index in [9.17, 15) is 8.42 Å². The van der Waals surface area contributed by atoms with Crippen LogP contribution in [0.4, 0.5) is 5.69 Å². The molecule has 0 saturated carbocycles. The zero-order valence-corrected chi connectivity index (χ0v) is 16.2. The maximum atomic E-state index is 13.0. The highest BCUT2D eigenvalue weighted by molar-refractivity contribution is 7.92. The van der Waals surface area contributed by atoms with Crippen molar-refractivity contribution in [1.29, 1.82) is 0 Å². The molecule has 0 saturated heterocycles. The van der Waals surface area contributed by atoms with Gasteiger partial charge in [-0.2, -0.15) is 4.98 Å². The molecule has 0 N–H and O–H groups in total. The molecule has 0 atom stereocenters. The van der Waals surface area contributed by atoms with Crippen molar-refractivity contribution in [2.24, 2.45) is 0 Å². The summed E-state index contributed by atoms with van der Waals surface area (Å²) >= 11 is 0. The number of nitrogens with zero attached hydrogens (tertiary/aromatic N) is 3. The first kappa shape index (κ1) is 18.9. The van der Waals surface area contributed by atoms with Gasteiger partial charge in [-0.15, -0.1) is 0 Å². The van der Waals surface area contributed by atoms with Gasteiger partial charge in [-0.25, -0.2) is 8.42 Å². The molecule has 0 bridgehead atoms. The number of aryl methyl sites for hydroxylation is 1. The van der Waals surface area contributed by atoms with Crippen molar-refractivity contribution in [3.05, 3.63) is 54.4 Å². The Morgan fingerprint density at radius 1 is 1.15 bits per heavy atom. The Morgan fingerprint density at radius 2 is 1.89 bits per heavy atom. The molecule has 2 aromatic carbocycles. The Hall–Kier alpha value is -2.87. The van der Waals surface area contributed by atoms with Gasteiger partial charge >= 0.3 is 0 Å². The van der Waals surface area contributed by atoms with Crippen molar-refractivity contribution < 1.29 is 17.7 Å². The molecule has 7 nitrogen and oxygen atoms in total. The van der Waals surface area contributed by atoms with Crippen LogP contribution in [0.5, 0.6) is 5.75 Å². The third-order valence-electron chi connectivity index (χ3n) is 4.12. The van der Waals surface area contributed by atoms with Crippen LogP contribution >= 0.6 is 0 Å². The van der Waals surface area contributed by atoms with Gasteiger partial charge < -0.3 is 9.26 Å². The second-order valence-electron chi connectivity index (χ2n) is 5.94. The summed E-state index contributed by atoms with van der Waals surface area (Å²) in [5.74, 6) is 1.27. The quantitative estimate of drug-likeness (QED) is 0.617. The van der Waals surface area contributed by atoms with E-state index in [4.69, 9.17) is 9.26 Å². The molecule has 3 rings (SSSR count). The van der Waals surface area contributed by atoms with Gasteiger partial charge in [-0.1, -0.05) is 30.3 Å². The van der Waals surface area contributed by atoms with E-state index >= 15 is 0 Å². The van der Waals surface area contributed by atoms with Gasteiger partial charge in [0.1, 0.15) is 5.75 Å². The van der Waals surface area contributed by atoms with Crippen molar-refractivity contribution in [3.8, 4) is 17.2 Å². The van der Waals surface area contributed by atoms with Gasteiger partial charge in [0.2, 0.25) is 0 Å². The number of para-hydroxylation sites is 1. The van der Waals surface area contributed by atoms with Gasteiger partial charge in [-0.05, 0) is 36.8 Å². The molecule has 0 spiro atoms. The SMILES string of the molecule is CCCc1noc(-c2cc(S(=O)(=O)N(C)c3ccccc3)ccc2OC)n1. The summed E-state index contributed by atoms with van der Waals surface area (Å²) in [5.41, 5.74) is 1.01. The topological polar surface area (TPSA) is 85.5 Å². The Bertz CT molecular complexity index is 1020. The lowest BCUT2D eigenvalue weighted by Crippen LogP contribution is -2.26. The Morgan fingerprint density at radius 3 is 2.56 bits per heavy atom. The third kappa shape index (κ3) is 3.80. The number of methoxy groups -OCH3 is 1. The summed E-state index contributed by atoms with van der Waals surface area (Å²) in [5, 5.41) is 3.93. The van der Waals surface area contributed by atoms with Gasteiger partial charge in [0.05, 0.1) is 23.3 Å². The Kier molecular flexibility index (Phi) is 5.46. The van der Waals surface area contributed by atoms with Gasteiger partial charge in [0, 0.05) is 13.5 Å². The minimum Gasteiger partial charge on any atom is -0.496 e. The number of hydrogen-bond donors (Lipinski definition) is 0. The summed E-state index contributed by atoms with van der Waals surface area (Å²) in [4.78, 5) is 4.45. The summed E-state index contributed by atoms with van der Waals surface area (Å²) in [6.45, 7) is 2.02. The molecular formula is C19H21N3O4S. The van der Waals surface area contributed by atoms with Crippen molar-refractivity contribution in [2.45, 2.75) is 24.7 Å². The lowest BCUT2D eigenvalue weighted by Gasteiger charge is -2.20. The lowest BCUT2D eigenvalue weighted by molar-refractivity contribution is 0.402. The Labute approximate surface area is 158 Å². The molecule has 3 aromatic rings. The number of benzene rings is 2. The van der Waals surface area contributed by atoms with E-state index < -0.39 is 10.0 Å². The van der Waals surface area contributed by atoms with Crippen LogP contribution < -0.4 is 9.04 Å². The predicted octanol–water partition coefficient (Wildman–Crippen LogP) is 3.52. The van der Waals surface area contributed by atoms with Crippen LogP contribution in [0.3, 0.4) is 0 Å². The number of aromatic nitrogens is 2. The van der Waals surface area contributed by atoms with Gasteiger partial charge in [0.25, 0.3) is 15.9 Å². The van der Waals surface area contributed by atoms with Crippen molar-refractivity contribution in [3.63, 3.8) is 0 Å². The largest absolute Gasteiger partial charge is 0.496 e. The summed E-state index contributed by atoms with van der Waals surface area (Å²) < 4.78 is 38.0. The molecule has 1 heterocycles. The number of sulfonamides is 1. The molecule has 0 aliphatic carbocycles. The van der Waals surface area contributed by atoms with E-state index in [-0.39, 0.29) is 10.8 Å².